The summed E-state index contributed by atoms with van der Waals surface area (Å²) in [4.78, 5) is 24.9. The zero-order valence-electron chi connectivity index (χ0n) is 20.1. The number of anilines is 2. The van der Waals surface area contributed by atoms with Gasteiger partial charge in [0.05, 0.1) is 29.9 Å². The minimum absolute atomic E-state index is 0.0517. The predicted molar refractivity (Wildman–Crippen MR) is 134 cm³/mol. The van der Waals surface area contributed by atoms with Gasteiger partial charge in [-0.3, -0.25) is 4.79 Å². The van der Waals surface area contributed by atoms with Crippen molar-refractivity contribution in [2.45, 2.75) is 38.2 Å². The van der Waals surface area contributed by atoms with Crippen molar-refractivity contribution >= 4 is 29.1 Å². The van der Waals surface area contributed by atoms with E-state index in [1.54, 1.807) is 30.5 Å². The van der Waals surface area contributed by atoms with E-state index in [4.69, 9.17) is 16.3 Å². The molecule has 1 aromatic carbocycles. The molecule has 0 unspecified atom stereocenters. The number of hydrogen-bond acceptors (Lipinski definition) is 6. The fourth-order valence-corrected chi connectivity index (χ4v) is 5.54. The zero-order chi connectivity index (χ0) is 24.4. The number of ether oxygens (including phenoxy) is 1. The van der Waals surface area contributed by atoms with Crippen molar-refractivity contribution in [2.24, 2.45) is 17.8 Å². The molecule has 2 aliphatic heterocycles. The first-order valence-electron chi connectivity index (χ1n) is 12.6. The van der Waals surface area contributed by atoms with Gasteiger partial charge < -0.3 is 19.9 Å². The minimum Gasteiger partial charge on any atom is -0.385 e. The molecule has 2 atom stereocenters. The SMILES string of the molecule is COC1CN(C(=O)Cc2ccc(NCC[C@@H]3C[C@@H]3C3CCN(c4ncc(Cl)cn4)CC3)cc2F)C1. The average Bonchev–Trinajstić information content (AvgIpc) is 3.60. The summed E-state index contributed by atoms with van der Waals surface area (Å²) in [5.74, 6) is 2.71. The van der Waals surface area contributed by atoms with Gasteiger partial charge in [-0.2, -0.15) is 0 Å². The van der Waals surface area contributed by atoms with Crippen LogP contribution in [0.3, 0.4) is 0 Å². The van der Waals surface area contributed by atoms with E-state index in [1.807, 2.05) is 6.07 Å². The summed E-state index contributed by atoms with van der Waals surface area (Å²) in [6.45, 7) is 4.00. The molecule has 3 fully saturated rings. The Hall–Kier alpha value is -2.45. The van der Waals surface area contributed by atoms with Gasteiger partial charge in [0.1, 0.15) is 5.82 Å². The number of likely N-dealkylation sites (tertiary alicyclic amines) is 1. The summed E-state index contributed by atoms with van der Waals surface area (Å²) in [6.07, 6.45) is 8.26. The largest absolute Gasteiger partial charge is 0.385 e. The molecule has 188 valence electrons. The van der Waals surface area contributed by atoms with E-state index in [9.17, 15) is 9.18 Å². The standard InChI is InChI=1S/C26H33ClFN5O2/c1-35-22-15-33(16-22)25(34)11-19-2-3-21(12-24(19)28)29-7-4-18-10-23(18)17-5-8-32(9-6-17)26-30-13-20(27)14-31-26/h2-3,12-14,17-18,22-23,29H,4-11,15-16H2,1H3/t18-,23-/m1/s1. The lowest BCUT2D eigenvalue weighted by molar-refractivity contribution is -0.142. The number of hydrogen-bond donors (Lipinski definition) is 1. The van der Waals surface area contributed by atoms with Crippen LogP contribution in [0, 0.1) is 23.6 Å². The van der Waals surface area contributed by atoms with Gasteiger partial charge in [-0.15, -0.1) is 0 Å². The highest BCUT2D eigenvalue weighted by Gasteiger charge is 2.43. The second kappa shape index (κ2) is 10.7. The van der Waals surface area contributed by atoms with Crippen molar-refractivity contribution in [3.05, 3.63) is 47.0 Å². The lowest BCUT2D eigenvalue weighted by Crippen LogP contribution is -2.54. The molecular weight excluding hydrogens is 469 g/mol. The molecule has 3 aliphatic rings. The van der Waals surface area contributed by atoms with Crippen molar-refractivity contribution in [2.75, 3.05) is 50.1 Å². The molecule has 5 rings (SSSR count). The van der Waals surface area contributed by atoms with Crippen LogP contribution in [0.15, 0.2) is 30.6 Å². The highest BCUT2D eigenvalue weighted by atomic mass is 35.5. The van der Waals surface area contributed by atoms with E-state index in [-0.39, 0.29) is 24.2 Å². The Kier molecular flexibility index (Phi) is 7.39. The van der Waals surface area contributed by atoms with Crippen LogP contribution >= 0.6 is 11.6 Å². The first kappa shape index (κ1) is 24.3. The molecule has 0 spiro atoms. The fourth-order valence-electron chi connectivity index (χ4n) is 5.44. The van der Waals surface area contributed by atoms with Crippen LogP contribution < -0.4 is 10.2 Å². The molecule has 1 aliphatic carbocycles. The number of nitrogens with one attached hydrogen (secondary N) is 1. The molecule has 3 heterocycles. The highest BCUT2D eigenvalue weighted by Crippen LogP contribution is 2.49. The van der Waals surface area contributed by atoms with Crippen molar-refractivity contribution in [3.63, 3.8) is 0 Å². The maximum Gasteiger partial charge on any atom is 0.227 e. The van der Waals surface area contributed by atoms with E-state index in [1.165, 1.54) is 25.3 Å². The highest BCUT2D eigenvalue weighted by molar-refractivity contribution is 6.30. The van der Waals surface area contributed by atoms with Gasteiger partial charge in [0, 0.05) is 45.5 Å². The summed E-state index contributed by atoms with van der Waals surface area (Å²) in [7, 11) is 1.64. The maximum absolute atomic E-state index is 14.6. The van der Waals surface area contributed by atoms with Crippen molar-refractivity contribution < 1.29 is 13.9 Å². The van der Waals surface area contributed by atoms with E-state index in [2.05, 4.69) is 20.2 Å². The lowest BCUT2D eigenvalue weighted by Gasteiger charge is -2.38. The second-order valence-corrected chi connectivity index (χ2v) is 10.5. The minimum atomic E-state index is -0.326. The van der Waals surface area contributed by atoms with Crippen molar-refractivity contribution in [3.8, 4) is 0 Å². The number of rotatable bonds is 9. The van der Waals surface area contributed by atoms with Gasteiger partial charge in [-0.05, 0) is 61.1 Å². The number of piperidine rings is 1. The number of aromatic nitrogens is 2. The van der Waals surface area contributed by atoms with Crippen LogP contribution in [0.25, 0.3) is 0 Å². The molecule has 7 nitrogen and oxygen atoms in total. The number of carbonyl (C=O) groups excluding carboxylic acids is 1. The number of nitrogens with zero attached hydrogens (tertiary/aromatic N) is 4. The molecule has 0 radical (unpaired) electrons. The summed E-state index contributed by atoms with van der Waals surface area (Å²) in [5.41, 5.74) is 1.22. The van der Waals surface area contributed by atoms with Gasteiger partial charge in [-0.1, -0.05) is 17.7 Å². The van der Waals surface area contributed by atoms with Crippen LogP contribution in [0.2, 0.25) is 5.02 Å². The first-order valence-corrected chi connectivity index (χ1v) is 12.9. The van der Waals surface area contributed by atoms with E-state index in [0.29, 0.717) is 23.7 Å². The summed E-state index contributed by atoms with van der Waals surface area (Å²) in [6, 6.07) is 5.11. The Morgan fingerprint density at radius 3 is 2.66 bits per heavy atom. The Labute approximate surface area is 211 Å². The quantitative estimate of drug-likeness (QED) is 0.559. The smallest absolute Gasteiger partial charge is 0.227 e. The van der Waals surface area contributed by atoms with Gasteiger partial charge in [0.25, 0.3) is 0 Å². The van der Waals surface area contributed by atoms with E-state index >= 15 is 0 Å². The van der Waals surface area contributed by atoms with E-state index in [0.717, 1.165) is 55.4 Å². The van der Waals surface area contributed by atoms with Gasteiger partial charge in [-0.25, -0.2) is 14.4 Å². The third-order valence-corrected chi connectivity index (χ3v) is 7.98. The monoisotopic (exact) mass is 501 g/mol. The predicted octanol–water partition coefficient (Wildman–Crippen LogP) is 4.02. The number of amides is 1. The van der Waals surface area contributed by atoms with Crippen molar-refractivity contribution in [1.29, 1.82) is 0 Å². The molecule has 9 heteroatoms. The molecule has 2 saturated heterocycles. The molecule has 1 N–H and O–H groups in total. The molecule has 0 bridgehead atoms. The van der Waals surface area contributed by atoms with Crippen LogP contribution in [-0.4, -0.2) is 66.7 Å². The average molecular weight is 502 g/mol. The number of methoxy groups -OCH3 is 1. The number of carbonyl (C=O) groups is 1. The molecular formula is C26H33ClFN5O2. The Morgan fingerprint density at radius 2 is 1.97 bits per heavy atom. The third kappa shape index (κ3) is 5.86. The van der Waals surface area contributed by atoms with Gasteiger partial charge in [0.2, 0.25) is 11.9 Å². The fraction of sp³-hybridized carbons (Fsp3) is 0.577. The molecule has 1 aromatic heterocycles. The lowest BCUT2D eigenvalue weighted by atomic mass is 9.90. The molecule has 35 heavy (non-hydrogen) atoms. The topological polar surface area (TPSA) is 70.6 Å². The molecule has 2 aromatic rings. The second-order valence-electron chi connectivity index (χ2n) is 10.0. The number of halogens is 2. The maximum atomic E-state index is 14.6. The molecule has 1 saturated carbocycles. The summed E-state index contributed by atoms with van der Waals surface area (Å²) >= 11 is 5.89. The third-order valence-electron chi connectivity index (χ3n) is 7.79. The summed E-state index contributed by atoms with van der Waals surface area (Å²) < 4.78 is 19.8. The normalized spacial score (nSPS) is 22.7. The Morgan fingerprint density at radius 1 is 1.23 bits per heavy atom. The van der Waals surface area contributed by atoms with Gasteiger partial charge in [0.15, 0.2) is 0 Å². The Balaban J connectivity index is 1.01. The van der Waals surface area contributed by atoms with Crippen LogP contribution in [0.5, 0.6) is 0 Å². The van der Waals surface area contributed by atoms with Gasteiger partial charge >= 0.3 is 0 Å². The molecule has 1 amide bonds. The number of benzene rings is 1. The van der Waals surface area contributed by atoms with Crippen LogP contribution in [-0.2, 0) is 16.0 Å². The summed E-state index contributed by atoms with van der Waals surface area (Å²) in [5, 5.41) is 3.93. The zero-order valence-corrected chi connectivity index (χ0v) is 20.9. The van der Waals surface area contributed by atoms with Crippen LogP contribution in [0.1, 0.15) is 31.2 Å². The Bertz CT molecular complexity index is 1020. The van der Waals surface area contributed by atoms with E-state index < -0.39 is 0 Å². The van der Waals surface area contributed by atoms with Crippen LogP contribution in [0.4, 0.5) is 16.0 Å². The first-order chi connectivity index (χ1) is 17.0. The van der Waals surface area contributed by atoms with Crippen molar-refractivity contribution in [1.82, 2.24) is 14.9 Å².